The van der Waals surface area contributed by atoms with Gasteiger partial charge in [-0.2, -0.15) is 4.98 Å². The summed E-state index contributed by atoms with van der Waals surface area (Å²) in [5.41, 5.74) is 0.934. The zero-order valence-corrected chi connectivity index (χ0v) is 15.3. The molecule has 0 aliphatic heterocycles. The number of nitrogens with zero attached hydrogens (tertiary/aromatic N) is 2. The number of aromatic nitrogens is 2. The maximum Gasteiger partial charge on any atom is 0.260 e. The van der Waals surface area contributed by atoms with Gasteiger partial charge < -0.3 is 15.2 Å². The molecule has 1 aromatic heterocycles. The topological polar surface area (TPSA) is 80.0 Å². The Morgan fingerprint density at radius 1 is 1.38 bits per heavy atom. The number of anilines is 1. The van der Waals surface area contributed by atoms with Crippen molar-refractivity contribution < 1.29 is 9.32 Å². The molecule has 8 heteroatoms. The fourth-order valence-electron chi connectivity index (χ4n) is 2.12. The molecule has 6 nitrogen and oxygen atoms in total. The number of likely N-dealkylation sites (N-methyl/N-ethyl adjacent to an activating group) is 1. The lowest BCUT2D eigenvalue weighted by Crippen LogP contribution is -2.24. The van der Waals surface area contributed by atoms with Crippen molar-refractivity contribution >= 4 is 34.8 Å². The molecule has 0 saturated heterocycles. The molecule has 2 rings (SSSR count). The average molecular weight is 371 g/mol. The first kappa shape index (κ1) is 18.7. The van der Waals surface area contributed by atoms with E-state index >= 15 is 0 Å². The van der Waals surface area contributed by atoms with Crippen LogP contribution in [0, 0.1) is 0 Å². The lowest BCUT2D eigenvalue weighted by atomic mass is 10.1. The molecule has 1 unspecified atom stereocenters. The van der Waals surface area contributed by atoms with Gasteiger partial charge in [0, 0.05) is 23.9 Å². The number of nitrogens with one attached hydrogen (secondary N) is 2. The largest absolute Gasteiger partial charge is 0.334 e. The van der Waals surface area contributed by atoms with Crippen molar-refractivity contribution in [2.75, 3.05) is 12.4 Å². The van der Waals surface area contributed by atoms with Crippen LogP contribution in [0.4, 0.5) is 5.69 Å². The third kappa shape index (κ3) is 4.69. The number of hydrogen-bond donors (Lipinski definition) is 2. The minimum atomic E-state index is -0.133. The highest BCUT2D eigenvalue weighted by molar-refractivity contribution is 6.37. The molecule has 130 valence electrons. The smallest absolute Gasteiger partial charge is 0.260 e. The van der Waals surface area contributed by atoms with E-state index < -0.39 is 0 Å². The van der Waals surface area contributed by atoms with Gasteiger partial charge in [0.25, 0.3) is 5.89 Å². The molecule has 0 radical (unpaired) electrons. The quantitative estimate of drug-likeness (QED) is 0.771. The van der Waals surface area contributed by atoms with Crippen LogP contribution < -0.4 is 10.6 Å². The maximum atomic E-state index is 11.9. The van der Waals surface area contributed by atoms with E-state index in [2.05, 4.69) is 20.8 Å². The summed E-state index contributed by atoms with van der Waals surface area (Å²) in [6, 6.07) is 3.42. The summed E-state index contributed by atoms with van der Waals surface area (Å²) >= 11 is 12.3. The molecule has 2 N–H and O–H groups in total. The summed E-state index contributed by atoms with van der Waals surface area (Å²) in [5, 5.41) is 10.6. The van der Waals surface area contributed by atoms with Crippen LogP contribution in [0.3, 0.4) is 0 Å². The van der Waals surface area contributed by atoms with Gasteiger partial charge in [0.2, 0.25) is 5.91 Å². The zero-order chi connectivity index (χ0) is 17.7. The number of halogens is 2. The lowest BCUT2D eigenvalue weighted by Gasteiger charge is -2.11. The molecule has 0 fully saturated rings. The van der Waals surface area contributed by atoms with Crippen LogP contribution in [0.1, 0.15) is 32.5 Å². The highest BCUT2D eigenvalue weighted by atomic mass is 35.5. The van der Waals surface area contributed by atoms with Crippen LogP contribution in [0.2, 0.25) is 10.0 Å². The van der Waals surface area contributed by atoms with Gasteiger partial charge in [-0.3, -0.25) is 4.79 Å². The first-order chi connectivity index (χ1) is 11.4. The molecular formula is C16H20Cl2N4O2. The van der Waals surface area contributed by atoms with Gasteiger partial charge in [-0.15, -0.1) is 0 Å². The van der Waals surface area contributed by atoms with Crippen molar-refractivity contribution in [2.45, 2.75) is 39.2 Å². The van der Waals surface area contributed by atoms with Crippen LogP contribution in [0.15, 0.2) is 16.7 Å². The minimum absolute atomic E-state index is 0.133. The van der Waals surface area contributed by atoms with E-state index in [9.17, 15) is 4.79 Å². The fraction of sp³-hybridized carbons (Fsp3) is 0.438. The monoisotopic (exact) mass is 370 g/mol. The molecule has 2 aromatic rings. The Bertz CT molecular complexity index is 718. The lowest BCUT2D eigenvalue weighted by molar-refractivity contribution is -0.116. The molecule has 0 aliphatic rings. The second-order valence-electron chi connectivity index (χ2n) is 5.52. The Morgan fingerprint density at radius 3 is 2.79 bits per heavy atom. The van der Waals surface area contributed by atoms with E-state index in [1.807, 2.05) is 20.9 Å². The fourth-order valence-corrected chi connectivity index (χ4v) is 2.66. The van der Waals surface area contributed by atoms with Crippen molar-refractivity contribution in [3.63, 3.8) is 0 Å². The average Bonchev–Trinajstić information content (AvgIpc) is 2.98. The molecule has 1 amide bonds. The van der Waals surface area contributed by atoms with Crippen LogP contribution >= 0.6 is 23.2 Å². The summed E-state index contributed by atoms with van der Waals surface area (Å²) in [7, 11) is 1.86. The first-order valence-corrected chi connectivity index (χ1v) is 8.49. The molecule has 1 heterocycles. The number of amides is 1. The van der Waals surface area contributed by atoms with Gasteiger partial charge >= 0.3 is 0 Å². The summed E-state index contributed by atoms with van der Waals surface area (Å²) < 4.78 is 5.33. The molecule has 0 bridgehead atoms. The standard InChI is InChI=1S/C16H20Cl2N4O2/c1-4-5-14(23)21-15-11(7-10(17)8-12(15)18)16-20-13(22-24-16)6-9(2)19-3/h7-9,19H,4-6H2,1-3H3,(H,21,23). The predicted molar refractivity (Wildman–Crippen MR) is 95.5 cm³/mol. The Kier molecular flexibility index (Phi) is 6.60. The Labute approximate surface area is 150 Å². The van der Waals surface area contributed by atoms with Crippen molar-refractivity contribution in [2.24, 2.45) is 0 Å². The molecule has 1 atom stereocenters. The third-order valence-corrected chi connectivity index (χ3v) is 3.99. The number of rotatable bonds is 7. The van der Waals surface area contributed by atoms with Crippen molar-refractivity contribution in [1.82, 2.24) is 15.5 Å². The highest BCUT2D eigenvalue weighted by Gasteiger charge is 2.19. The Balaban J connectivity index is 2.36. The number of carbonyl (C=O) groups is 1. The van der Waals surface area contributed by atoms with Crippen molar-refractivity contribution in [3.8, 4) is 11.5 Å². The summed E-state index contributed by atoms with van der Waals surface area (Å²) in [6.07, 6.45) is 1.75. The summed E-state index contributed by atoms with van der Waals surface area (Å²) in [4.78, 5) is 16.3. The van der Waals surface area contributed by atoms with Crippen LogP contribution in [-0.2, 0) is 11.2 Å². The zero-order valence-electron chi connectivity index (χ0n) is 13.8. The molecule has 24 heavy (non-hydrogen) atoms. The van der Waals surface area contributed by atoms with E-state index in [4.69, 9.17) is 27.7 Å². The molecule has 0 saturated carbocycles. The van der Waals surface area contributed by atoms with Crippen molar-refractivity contribution in [1.29, 1.82) is 0 Å². The van der Waals surface area contributed by atoms with Crippen LogP contribution in [-0.4, -0.2) is 29.1 Å². The maximum absolute atomic E-state index is 11.9. The molecule has 0 spiro atoms. The van der Waals surface area contributed by atoms with E-state index in [0.29, 0.717) is 40.0 Å². The molecular weight excluding hydrogens is 351 g/mol. The van der Waals surface area contributed by atoms with Gasteiger partial charge in [-0.05, 0) is 32.5 Å². The van der Waals surface area contributed by atoms with E-state index in [0.717, 1.165) is 6.42 Å². The second kappa shape index (κ2) is 8.46. The van der Waals surface area contributed by atoms with Crippen molar-refractivity contribution in [3.05, 3.63) is 28.0 Å². The van der Waals surface area contributed by atoms with Gasteiger partial charge in [-0.1, -0.05) is 35.3 Å². The first-order valence-electron chi connectivity index (χ1n) is 7.73. The number of hydrogen-bond acceptors (Lipinski definition) is 5. The van der Waals surface area contributed by atoms with Gasteiger partial charge in [0.15, 0.2) is 5.82 Å². The molecule has 1 aromatic carbocycles. The second-order valence-corrected chi connectivity index (χ2v) is 6.36. The number of benzene rings is 1. The van der Waals surface area contributed by atoms with Gasteiger partial charge in [0.1, 0.15) is 0 Å². The Hall–Kier alpha value is -1.63. The van der Waals surface area contributed by atoms with Crippen LogP contribution in [0.25, 0.3) is 11.5 Å². The highest BCUT2D eigenvalue weighted by Crippen LogP contribution is 2.36. The SMILES string of the molecule is CCCC(=O)Nc1c(Cl)cc(Cl)cc1-c1nc(CC(C)NC)no1. The minimum Gasteiger partial charge on any atom is -0.334 e. The third-order valence-electron chi connectivity index (χ3n) is 3.48. The predicted octanol–water partition coefficient (Wildman–Crippen LogP) is 3.93. The van der Waals surface area contributed by atoms with Gasteiger partial charge in [0.05, 0.1) is 16.3 Å². The van der Waals surface area contributed by atoms with Gasteiger partial charge in [-0.25, -0.2) is 0 Å². The summed E-state index contributed by atoms with van der Waals surface area (Å²) in [6.45, 7) is 3.94. The van der Waals surface area contributed by atoms with E-state index in [1.54, 1.807) is 12.1 Å². The Morgan fingerprint density at radius 2 is 2.12 bits per heavy atom. The van der Waals surface area contributed by atoms with Crippen LogP contribution in [0.5, 0.6) is 0 Å². The van der Waals surface area contributed by atoms with E-state index in [-0.39, 0.29) is 17.8 Å². The normalized spacial score (nSPS) is 12.2. The van der Waals surface area contributed by atoms with E-state index in [1.165, 1.54) is 0 Å². The number of carbonyl (C=O) groups excluding carboxylic acids is 1. The molecule has 0 aliphatic carbocycles. The summed E-state index contributed by atoms with van der Waals surface area (Å²) in [5.74, 6) is 0.699.